The summed E-state index contributed by atoms with van der Waals surface area (Å²) in [6.45, 7) is 4.27. The van der Waals surface area contributed by atoms with E-state index in [0.717, 1.165) is 16.7 Å². The average molecular weight is 275 g/mol. The van der Waals surface area contributed by atoms with E-state index in [1.807, 2.05) is 56.3 Å². The van der Waals surface area contributed by atoms with Crippen molar-refractivity contribution in [1.29, 1.82) is 0 Å². The SMILES string of the molecule is Cc1c(Cl)nnc(OCC=Cc2ccccc2)c1C. The van der Waals surface area contributed by atoms with Crippen molar-refractivity contribution in [3.05, 3.63) is 58.3 Å². The molecular formula is C15H15ClN2O. The highest BCUT2D eigenvalue weighted by molar-refractivity contribution is 6.30. The van der Waals surface area contributed by atoms with Crippen LogP contribution in [0.2, 0.25) is 5.15 Å². The lowest BCUT2D eigenvalue weighted by atomic mass is 10.2. The molecule has 2 aromatic rings. The maximum atomic E-state index is 5.88. The van der Waals surface area contributed by atoms with Crippen LogP contribution >= 0.6 is 11.6 Å². The van der Waals surface area contributed by atoms with Crippen molar-refractivity contribution in [1.82, 2.24) is 10.2 Å². The number of nitrogens with zero attached hydrogens (tertiary/aromatic N) is 2. The summed E-state index contributed by atoms with van der Waals surface area (Å²) in [4.78, 5) is 0. The molecule has 0 N–H and O–H groups in total. The summed E-state index contributed by atoms with van der Waals surface area (Å²) >= 11 is 5.88. The second-order valence-corrected chi connectivity index (χ2v) is 4.53. The van der Waals surface area contributed by atoms with Crippen LogP contribution < -0.4 is 4.74 Å². The van der Waals surface area contributed by atoms with Crippen LogP contribution in [0.4, 0.5) is 0 Å². The Labute approximate surface area is 117 Å². The smallest absolute Gasteiger partial charge is 0.237 e. The Morgan fingerprint density at radius 2 is 1.84 bits per heavy atom. The van der Waals surface area contributed by atoms with Crippen molar-refractivity contribution >= 4 is 17.7 Å². The third kappa shape index (κ3) is 3.55. The summed E-state index contributed by atoms with van der Waals surface area (Å²) in [6.07, 6.45) is 3.95. The Kier molecular flexibility index (Phi) is 4.53. The second-order valence-electron chi connectivity index (χ2n) is 4.17. The van der Waals surface area contributed by atoms with E-state index in [1.165, 1.54) is 0 Å². The van der Waals surface area contributed by atoms with Crippen molar-refractivity contribution in [2.75, 3.05) is 6.61 Å². The fourth-order valence-corrected chi connectivity index (χ4v) is 1.75. The fraction of sp³-hybridized carbons (Fsp3) is 0.200. The van der Waals surface area contributed by atoms with Gasteiger partial charge < -0.3 is 4.74 Å². The number of benzene rings is 1. The first-order valence-corrected chi connectivity index (χ1v) is 6.40. The first-order chi connectivity index (χ1) is 9.18. The van der Waals surface area contributed by atoms with Gasteiger partial charge in [-0.25, -0.2) is 0 Å². The van der Waals surface area contributed by atoms with E-state index in [9.17, 15) is 0 Å². The Morgan fingerprint density at radius 3 is 2.58 bits per heavy atom. The highest BCUT2D eigenvalue weighted by atomic mass is 35.5. The first kappa shape index (κ1) is 13.6. The molecule has 0 unspecified atom stereocenters. The molecule has 19 heavy (non-hydrogen) atoms. The minimum Gasteiger partial charge on any atom is -0.472 e. The van der Waals surface area contributed by atoms with Crippen molar-refractivity contribution in [2.24, 2.45) is 0 Å². The van der Waals surface area contributed by atoms with Gasteiger partial charge in [0.1, 0.15) is 6.61 Å². The van der Waals surface area contributed by atoms with Gasteiger partial charge in [-0.1, -0.05) is 48.0 Å². The van der Waals surface area contributed by atoms with Crippen LogP contribution in [0.1, 0.15) is 16.7 Å². The van der Waals surface area contributed by atoms with Crippen LogP contribution in [0.15, 0.2) is 36.4 Å². The molecule has 0 radical (unpaired) electrons. The normalized spacial score (nSPS) is 10.9. The van der Waals surface area contributed by atoms with Gasteiger partial charge in [-0.15, -0.1) is 10.2 Å². The van der Waals surface area contributed by atoms with Gasteiger partial charge in [0.15, 0.2) is 5.15 Å². The van der Waals surface area contributed by atoms with Gasteiger partial charge in [0.25, 0.3) is 0 Å². The molecule has 0 spiro atoms. The molecule has 0 aliphatic rings. The number of hydrogen-bond donors (Lipinski definition) is 0. The topological polar surface area (TPSA) is 35.0 Å². The molecule has 0 amide bonds. The molecule has 0 bridgehead atoms. The molecule has 0 aliphatic heterocycles. The first-order valence-electron chi connectivity index (χ1n) is 6.02. The van der Waals surface area contributed by atoms with Crippen molar-refractivity contribution in [3.63, 3.8) is 0 Å². The van der Waals surface area contributed by atoms with E-state index in [-0.39, 0.29) is 0 Å². The molecule has 0 saturated carbocycles. The van der Waals surface area contributed by atoms with E-state index < -0.39 is 0 Å². The quantitative estimate of drug-likeness (QED) is 0.850. The predicted octanol–water partition coefficient (Wildman–Crippen LogP) is 3.84. The third-order valence-electron chi connectivity index (χ3n) is 2.85. The standard InChI is InChI=1S/C15H15ClN2O/c1-11-12(2)15(18-17-14(11)16)19-10-6-9-13-7-4-3-5-8-13/h3-9H,10H2,1-2H3. The molecule has 0 aliphatic carbocycles. The van der Waals surface area contributed by atoms with Crippen LogP contribution in [-0.2, 0) is 0 Å². The number of aromatic nitrogens is 2. The molecule has 0 fully saturated rings. The molecule has 3 nitrogen and oxygen atoms in total. The number of rotatable bonds is 4. The van der Waals surface area contributed by atoms with Crippen LogP contribution in [0, 0.1) is 13.8 Å². The van der Waals surface area contributed by atoms with E-state index in [0.29, 0.717) is 17.6 Å². The van der Waals surface area contributed by atoms with Crippen LogP contribution in [-0.4, -0.2) is 16.8 Å². The lowest BCUT2D eigenvalue weighted by Crippen LogP contribution is -2.02. The fourth-order valence-electron chi connectivity index (χ4n) is 1.57. The van der Waals surface area contributed by atoms with Crippen LogP contribution in [0.25, 0.3) is 6.08 Å². The molecule has 1 aromatic heterocycles. The Bertz CT molecular complexity index is 582. The Morgan fingerprint density at radius 1 is 1.11 bits per heavy atom. The van der Waals surface area contributed by atoms with Gasteiger partial charge in [-0.3, -0.25) is 0 Å². The summed E-state index contributed by atoms with van der Waals surface area (Å²) in [7, 11) is 0. The molecule has 2 rings (SSSR count). The molecule has 0 saturated heterocycles. The number of hydrogen-bond acceptors (Lipinski definition) is 3. The molecule has 0 atom stereocenters. The lowest BCUT2D eigenvalue weighted by molar-refractivity contribution is 0.341. The van der Waals surface area contributed by atoms with Crippen molar-refractivity contribution in [2.45, 2.75) is 13.8 Å². The van der Waals surface area contributed by atoms with E-state index >= 15 is 0 Å². The molecule has 1 aromatic carbocycles. The van der Waals surface area contributed by atoms with Crippen molar-refractivity contribution < 1.29 is 4.74 Å². The third-order valence-corrected chi connectivity index (χ3v) is 3.21. The van der Waals surface area contributed by atoms with E-state index in [2.05, 4.69) is 10.2 Å². The predicted molar refractivity (Wildman–Crippen MR) is 77.5 cm³/mol. The van der Waals surface area contributed by atoms with Crippen molar-refractivity contribution in [3.8, 4) is 5.88 Å². The minimum atomic E-state index is 0.421. The van der Waals surface area contributed by atoms with Gasteiger partial charge in [0.2, 0.25) is 5.88 Å². The summed E-state index contributed by atoms with van der Waals surface area (Å²) < 4.78 is 5.58. The Balaban J connectivity index is 1.97. The minimum absolute atomic E-state index is 0.421. The molecule has 98 valence electrons. The average Bonchev–Trinajstić information content (AvgIpc) is 2.44. The summed E-state index contributed by atoms with van der Waals surface area (Å²) in [6, 6.07) is 10.1. The highest BCUT2D eigenvalue weighted by Crippen LogP contribution is 2.22. The summed E-state index contributed by atoms with van der Waals surface area (Å²) in [5, 5.41) is 8.21. The molecule has 4 heteroatoms. The number of ether oxygens (including phenoxy) is 1. The lowest BCUT2D eigenvalue weighted by Gasteiger charge is -2.07. The largest absolute Gasteiger partial charge is 0.472 e. The summed E-state index contributed by atoms with van der Waals surface area (Å²) in [5.74, 6) is 0.527. The van der Waals surface area contributed by atoms with E-state index in [1.54, 1.807) is 0 Å². The number of halogens is 1. The Hall–Kier alpha value is -1.87. The van der Waals surface area contributed by atoms with Crippen LogP contribution in [0.5, 0.6) is 5.88 Å². The van der Waals surface area contributed by atoms with Gasteiger partial charge in [0.05, 0.1) is 0 Å². The van der Waals surface area contributed by atoms with E-state index in [4.69, 9.17) is 16.3 Å². The van der Waals surface area contributed by atoms with Crippen LogP contribution in [0.3, 0.4) is 0 Å². The zero-order valence-electron chi connectivity index (χ0n) is 10.9. The van der Waals surface area contributed by atoms with Gasteiger partial charge in [-0.05, 0) is 31.1 Å². The maximum absolute atomic E-state index is 5.88. The van der Waals surface area contributed by atoms with Gasteiger partial charge in [0, 0.05) is 5.56 Å². The summed E-state index contributed by atoms with van der Waals surface area (Å²) in [5.41, 5.74) is 2.97. The zero-order chi connectivity index (χ0) is 13.7. The maximum Gasteiger partial charge on any atom is 0.237 e. The highest BCUT2D eigenvalue weighted by Gasteiger charge is 2.08. The zero-order valence-corrected chi connectivity index (χ0v) is 11.7. The van der Waals surface area contributed by atoms with Gasteiger partial charge in [-0.2, -0.15) is 0 Å². The second kappa shape index (κ2) is 6.34. The van der Waals surface area contributed by atoms with Gasteiger partial charge >= 0.3 is 0 Å². The molecule has 1 heterocycles. The molecular weight excluding hydrogens is 260 g/mol. The monoisotopic (exact) mass is 274 g/mol.